The molecule has 1 N–H and O–H groups in total. The first-order chi connectivity index (χ1) is 10.7. The maximum absolute atomic E-state index is 11.9. The van der Waals surface area contributed by atoms with Gasteiger partial charge in [-0.05, 0) is 45.4 Å². The van der Waals surface area contributed by atoms with E-state index in [-0.39, 0.29) is 11.9 Å². The lowest BCUT2D eigenvalue weighted by molar-refractivity contribution is -0.149. The van der Waals surface area contributed by atoms with Gasteiger partial charge < -0.3 is 15.0 Å². The third-order valence-corrected chi connectivity index (χ3v) is 4.42. The molecule has 1 heterocycles. The van der Waals surface area contributed by atoms with E-state index in [9.17, 15) is 4.79 Å². The minimum Gasteiger partial charge on any atom is -0.466 e. The Bertz CT molecular complexity index is 432. The molecule has 5 heteroatoms. The summed E-state index contributed by atoms with van der Waals surface area (Å²) in [5.74, 6) is 0.816. The molecular weight excluding hydrogens is 278 g/mol. The van der Waals surface area contributed by atoms with Gasteiger partial charge in [0.25, 0.3) is 0 Å². The summed E-state index contributed by atoms with van der Waals surface area (Å²) in [6, 6.07) is 0. The molecule has 2 rings (SSSR count). The number of nitrogens with one attached hydrogen (secondary N) is 1. The predicted octanol–water partition coefficient (Wildman–Crippen LogP) is 2.34. The molecule has 0 unspecified atom stereocenters. The first kappa shape index (κ1) is 16.8. The Balaban J connectivity index is 1.80. The summed E-state index contributed by atoms with van der Waals surface area (Å²) >= 11 is 0. The average molecular weight is 307 g/mol. The summed E-state index contributed by atoms with van der Waals surface area (Å²) in [5.41, 5.74) is 1.56. The van der Waals surface area contributed by atoms with Gasteiger partial charge >= 0.3 is 5.97 Å². The largest absolute Gasteiger partial charge is 0.466 e. The number of ether oxygens (including phenoxy) is 1. The summed E-state index contributed by atoms with van der Waals surface area (Å²) in [7, 11) is 1.81. The number of carbonyl (C=O) groups excluding carboxylic acids is 1. The zero-order chi connectivity index (χ0) is 15.8. The van der Waals surface area contributed by atoms with E-state index in [0.29, 0.717) is 13.2 Å². The Hall–Kier alpha value is -1.52. The Morgan fingerprint density at radius 1 is 1.50 bits per heavy atom. The molecular formula is C17H29N3O2. The van der Waals surface area contributed by atoms with Crippen LogP contribution in [0, 0.1) is 5.92 Å². The third kappa shape index (κ3) is 4.75. The summed E-state index contributed by atoms with van der Waals surface area (Å²) in [6.45, 7) is 4.90. The van der Waals surface area contributed by atoms with Gasteiger partial charge in [0.1, 0.15) is 0 Å². The van der Waals surface area contributed by atoms with Gasteiger partial charge in [-0.25, -0.2) is 0 Å². The number of hydrogen-bond acceptors (Lipinski definition) is 3. The van der Waals surface area contributed by atoms with Gasteiger partial charge in [0, 0.05) is 26.7 Å². The molecule has 0 spiro atoms. The average Bonchev–Trinajstić information content (AvgIpc) is 3.05. The van der Waals surface area contributed by atoms with Crippen molar-refractivity contribution >= 4 is 11.9 Å². The van der Waals surface area contributed by atoms with Crippen LogP contribution < -0.4 is 5.32 Å². The van der Waals surface area contributed by atoms with Gasteiger partial charge in [-0.2, -0.15) is 0 Å². The van der Waals surface area contributed by atoms with Crippen LogP contribution in [0.3, 0.4) is 0 Å². The van der Waals surface area contributed by atoms with E-state index >= 15 is 0 Å². The molecule has 5 nitrogen and oxygen atoms in total. The smallest absolute Gasteiger partial charge is 0.310 e. The highest BCUT2D eigenvalue weighted by atomic mass is 16.5. The third-order valence-electron chi connectivity index (χ3n) is 4.42. The summed E-state index contributed by atoms with van der Waals surface area (Å²) < 4.78 is 5.16. The number of nitrogens with zero attached hydrogens (tertiary/aromatic N) is 2. The molecule has 0 radical (unpaired) electrons. The van der Waals surface area contributed by atoms with E-state index in [0.717, 1.165) is 38.3 Å². The van der Waals surface area contributed by atoms with Gasteiger partial charge in [0.2, 0.25) is 0 Å². The second kappa shape index (κ2) is 8.81. The highest BCUT2D eigenvalue weighted by Crippen LogP contribution is 2.20. The van der Waals surface area contributed by atoms with Crippen molar-refractivity contribution in [2.75, 3.05) is 33.3 Å². The molecule has 0 saturated carbocycles. The fourth-order valence-corrected chi connectivity index (χ4v) is 3.25. The quantitative estimate of drug-likeness (QED) is 0.367. The van der Waals surface area contributed by atoms with Crippen LogP contribution in [0.15, 0.2) is 16.6 Å². The Morgan fingerprint density at radius 3 is 3.05 bits per heavy atom. The van der Waals surface area contributed by atoms with E-state index < -0.39 is 0 Å². The SMILES string of the molecule is CCOC(=O)[C@@H]1CCCN(C(=NC)NCCC2=CCCC2)C1. The van der Waals surface area contributed by atoms with Crippen LogP contribution in [0.4, 0.5) is 0 Å². The van der Waals surface area contributed by atoms with Gasteiger partial charge in [0.05, 0.1) is 12.5 Å². The molecule has 0 aromatic carbocycles. The van der Waals surface area contributed by atoms with Crippen LogP contribution in [0.2, 0.25) is 0 Å². The number of rotatable bonds is 5. The van der Waals surface area contributed by atoms with E-state index in [1.807, 2.05) is 14.0 Å². The lowest BCUT2D eigenvalue weighted by atomic mass is 9.98. The number of likely N-dealkylation sites (tertiary alicyclic amines) is 1. The van der Waals surface area contributed by atoms with Crippen molar-refractivity contribution in [3.8, 4) is 0 Å². The number of esters is 1. The number of piperidine rings is 1. The molecule has 1 atom stereocenters. The first-order valence-electron chi connectivity index (χ1n) is 8.54. The minimum atomic E-state index is -0.0706. The molecule has 0 amide bonds. The van der Waals surface area contributed by atoms with Crippen LogP contribution >= 0.6 is 0 Å². The van der Waals surface area contributed by atoms with Crippen LogP contribution in [0.5, 0.6) is 0 Å². The summed E-state index contributed by atoms with van der Waals surface area (Å²) in [5, 5.41) is 3.44. The second-order valence-corrected chi connectivity index (χ2v) is 6.02. The van der Waals surface area contributed by atoms with Gasteiger partial charge in [-0.15, -0.1) is 0 Å². The predicted molar refractivity (Wildman–Crippen MR) is 88.8 cm³/mol. The number of allylic oxidation sites excluding steroid dienone is 1. The molecule has 2 aliphatic rings. The topological polar surface area (TPSA) is 53.9 Å². The van der Waals surface area contributed by atoms with Crippen molar-refractivity contribution in [2.24, 2.45) is 10.9 Å². The van der Waals surface area contributed by atoms with Crippen molar-refractivity contribution in [3.05, 3.63) is 11.6 Å². The van der Waals surface area contributed by atoms with E-state index in [1.165, 1.54) is 19.3 Å². The Kier molecular flexibility index (Phi) is 6.74. The number of aliphatic imine (C=N–C) groups is 1. The lowest BCUT2D eigenvalue weighted by Gasteiger charge is -2.34. The summed E-state index contributed by atoms with van der Waals surface area (Å²) in [4.78, 5) is 18.5. The molecule has 124 valence electrons. The van der Waals surface area contributed by atoms with Crippen LogP contribution in [-0.2, 0) is 9.53 Å². The van der Waals surface area contributed by atoms with Gasteiger partial charge in [-0.1, -0.05) is 11.6 Å². The highest BCUT2D eigenvalue weighted by molar-refractivity contribution is 5.81. The van der Waals surface area contributed by atoms with E-state index in [1.54, 1.807) is 5.57 Å². The fourth-order valence-electron chi connectivity index (χ4n) is 3.25. The zero-order valence-corrected chi connectivity index (χ0v) is 13.9. The first-order valence-corrected chi connectivity index (χ1v) is 8.54. The number of guanidine groups is 1. The second-order valence-electron chi connectivity index (χ2n) is 6.02. The number of carbonyl (C=O) groups is 1. The van der Waals surface area contributed by atoms with E-state index in [4.69, 9.17) is 4.74 Å². The summed E-state index contributed by atoms with van der Waals surface area (Å²) in [6.07, 6.45) is 9.16. The van der Waals surface area contributed by atoms with Gasteiger partial charge in [-0.3, -0.25) is 9.79 Å². The van der Waals surface area contributed by atoms with Crippen LogP contribution in [0.1, 0.15) is 45.4 Å². The fraction of sp³-hybridized carbons (Fsp3) is 0.765. The molecule has 1 aliphatic carbocycles. The molecule has 0 aromatic rings. The Morgan fingerprint density at radius 2 is 2.36 bits per heavy atom. The monoisotopic (exact) mass is 307 g/mol. The maximum Gasteiger partial charge on any atom is 0.310 e. The van der Waals surface area contributed by atoms with Crippen LogP contribution in [-0.4, -0.2) is 50.1 Å². The van der Waals surface area contributed by atoms with Crippen LogP contribution in [0.25, 0.3) is 0 Å². The normalized spacial score (nSPS) is 22.5. The van der Waals surface area contributed by atoms with Crippen molar-refractivity contribution < 1.29 is 9.53 Å². The highest BCUT2D eigenvalue weighted by Gasteiger charge is 2.28. The number of hydrogen-bond donors (Lipinski definition) is 1. The zero-order valence-electron chi connectivity index (χ0n) is 13.9. The standard InChI is InChI=1S/C17H29N3O2/c1-3-22-16(21)15-9-6-12-20(13-15)17(18-2)19-11-10-14-7-4-5-8-14/h7,15H,3-6,8-13H2,1-2H3,(H,18,19)/t15-/m1/s1. The van der Waals surface area contributed by atoms with E-state index in [2.05, 4.69) is 21.3 Å². The van der Waals surface area contributed by atoms with Crippen molar-refractivity contribution in [2.45, 2.75) is 45.4 Å². The molecule has 1 saturated heterocycles. The molecule has 22 heavy (non-hydrogen) atoms. The molecule has 1 fully saturated rings. The molecule has 1 aliphatic heterocycles. The Labute approximate surface area is 133 Å². The maximum atomic E-state index is 11.9. The molecule has 0 bridgehead atoms. The minimum absolute atomic E-state index is 0.0233. The molecule has 0 aromatic heterocycles. The van der Waals surface area contributed by atoms with Crippen molar-refractivity contribution in [1.82, 2.24) is 10.2 Å². The van der Waals surface area contributed by atoms with Gasteiger partial charge in [0.15, 0.2) is 5.96 Å². The van der Waals surface area contributed by atoms with Crippen molar-refractivity contribution in [3.63, 3.8) is 0 Å². The lowest BCUT2D eigenvalue weighted by Crippen LogP contribution is -2.48. The van der Waals surface area contributed by atoms with Crippen molar-refractivity contribution in [1.29, 1.82) is 0 Å².